The smallest absolute Gasteiger partial charge is 0.259 e. The van der Waals surface area contributed by atoms with E-state index in [2.05, 4.69) is 10.5 Å². The van der Waals surface area contributed by atoms with Gasteiger partial charge in [0.05, 0.1) is 6.20 Å². The molecule has 1 N–H and O–H groups in total. The monoisotopic (exact) mass is 371 g/mol. The molecule has 142 valence electrons. The van der Waals surface area contributed by atoms with E-state index >= 15 is 0 Å². The van der Waals surface area contributed by atoms with E-state index in [9.17, 15) is 9.59 Å². The van der Waals surface area contributed by atoms with Crippen molar-refractivity contribution in [2.24, 2.45) is 5.92 Å². The van der Waals surface area contributed by atoms with Gasteiger partial charge < -0.3 is 24.2 Å². The van der Waals surface area contributed by atoms with E-state index in [1.54, 1.807) is 11.8 Å². The lowest BCUT2D eigenvalue weighted by Gasteiger charge is -2.31. The van der Waals surface area contributed by atoms with Crippen molar-refractivity contribution >= 4 is 11.8 Å². The number of ether oxygens (including phenoxy) is 2. The molecule has 0 spiro atoms. The number of likely N-dealkylation sites (tertiary alicyclic amines) is 1. The van der Waals surface area contributed by atoms with Crippen LogP contribution in [-0.2, 0) is 11.3 Å². The molecular formula is C19H21N3O5. The van der Waals surface area contributed by atoms with Crippen LogP contribution in [0.4, 0.5) is 0 Å². The molecular weight excluding hydrogens is 350 g/mol. The molecule has 8 heteroatoms. The first-order valence-electron chi connectivity index (χ1n) is 8.98. The summed E-state index contributed by atoms with van der Waals surface area (Å²) < 4.78 is 15.6. The predicted octanol–water partition coefficient (Wildman–Crippen LogP) is 1.88. The lowest BCUT2D eigenvalue weighted by Crippen LogP contribution is -2.43. The normalized spacial score (nSPS) is 16.4. The van der Waals surface area contributed by atoms with E-state index < -0.39 is 0 Å². The number of rotatable bonds is 4. The Bertz CT molecular complexity index is 855. The molecule has 27 heavy (non-hydrogen) atoms. The minimum absolute atomic E-state index is 0.0147. The molecule has 0 radical (unpaired) electrons. The first kappa shape index (κ1) is 17.4. The number of carbonyl (C=O) groups is 2. The number of hydrogen-bond donors (Lipinski definition) is 1. The minimum Gasteiger partial charge on any atom is -0.454 e. The third-order valence-electron chi connectivity index (χ3n) is 5.04. The number of aromatic nitrogens is 1. The van der Waals surface area contributed by atoms with Gasteiger partial charge in [-0.2, -0.15) is 0 Å². The molecule has 1 fully saturated rings. The molecule has 0 bridgehead atoms. The SMILES string of the molecule is Cc1oncc1C(=O)N1CCC(C(=O)NCc2ccc3c(c2)OCO3)CC1. The van der Waals surface area contributed by atoms with Crippen LogP contribution in [0.15, 0.2) is 28.9 Å². The van der Waals surface area contributed by atoms with Gasteiger partial charge in [-0.25, -0.2) is 0 Å². The van der Waals surface area contributed by atoms with Gasteiger partial charge >= 0.3 is 0 Å². The van der Waals surface area contributed by atoms with Gasteiger partial charge in [0, 0.05) is 25.6 Å². The van der Waals surface area contributed by atoms with Crippen molar-refractivity contribution in [2.45, 2.75) is 26.3 Å². The molecule has 2 amide bonds. The highest BCUT2D eigenvalue weighted by Gasteiger charge is 2.29. The molecule has 3 heterocycles. The Balaban J connectivity index is 1.27. The summed E-state index contributed by atoms with van der Waals surface area (Å²) >= 11 is 0. The standard InChI is InChI=1S/C19H21N3O5/c1-12-15(10-21-27-12)19(24)22-6-4-14(5-7-22)18(23)20-9-13-2-3-16-17(8-13)26-11-25-16/h2-3,8,10,14H,4-7,9,11H2,1H3,(H,20,23). The van der Waals surface area contributed by atoms with E-state index in [1.165, 1.54) is 6.20 Å². The molecule has 8 nitrogen and oxygen atoms in total. The summed E-state index contributed by atoms with van der Waals surface area (Å²) in [5, 5.41) is 6.63. The van der Waals surface area contributed by atoms with Crippen molar-refractivity contribution in [3.05, 3.63) is 41.3 Å². The largest absolute Gasteiger partial charge is 0.454 e. The molecule has 4 rings (SSSR count). The van der Waals surface area contributed by atoms with Crippen LogP contribution in [0.2, 0.25) is 0 Å². The molecule has 0 unspecified atom stereocenters. The van der Waals surface area contributed by atoms with Crippen LogP contribution < -0.4 is 14.8 Å². The number of piperidine rings is 1. The van der Waals surface area contributed by atoms with Crippen molar-refractivity contribution < 1.29 is 23.6 Å². The van der Waals surface area contributed by atoms with Crippen molar-refractivity contribution in [3.8, 4) is 11.5 Å². The molecule has 1 aromatic carbocycles. The maximum absolute atomic E-state index is 12.5. The van der Waals surface area contributed by atoms with E-state index in [0.29, 0.717) is 49.5 Å². The van der Waals surface area contributed by atoms with E-state index in [1.807, 2.05) is 18.2 Å². The fourth-order valence-corrected chi connectivity index (χ4v) is 3.40. The van der Waals surface area contributed by atoms with Crippen LogP contribution >= 0.6 is 0 Å². The second-order valence-electron chi connectivity index (χ2n) is 6.77. The van der Waals surface area contributed by atoms with Crippen LogP contribution in [-0.4, -0.2) is 41.8 Å². The zero-order valence-corrected chi connectivity index (χ0v) is 15.1. The van der Waals surface area contributed by atoms with Gasteiger partial charge in [0.15, 0.2) is 11.5 Å². The zero-order valence-electron chi connectivity index (χ0n) is 15.1. The summed E-state index contributed by atoms with van der Waals surface area (Å²) in [5.74, 6) is 1.78. The highest BCUT2D eigenvalue weighted by Crippen LogP contribution is 2.32. The summed E-state index contributed by atoms with van der Waals surface area (Å²) in [4.78, 5) is 26.7. The topological polar surface area (TPSA) is 93.9 Å². The quantitative estimate of drug-likeness (QED) is 0.882. The molecule has 0 atom stereocenters. The lowest BCUT2D eigenvalue weighted by molar-refractivity contribution is -0.126. The number of fused-ring (bicyclic) bond motifs is 1. The van der Waals surface area contributed by atoms with Crippen molar-refractivity contribution in [3.63, 3.8) is 0 Å². The lowest BCUT2D eigenvalue weighted by atomic mass is 9.95. The van der Waals surface area contributed by atoms with Crippen molar-refractivity contribution in [2.75, 3.05) is 19.9 Å². The number of hydrogen-bond acceptors (Lipinski definition) is 6. The molecule has 2 aromatic rings. The highest BCUT2D eigenvalue weighted by molar-refractivity contribution is 5.95. The number of nitrogens with one attached hydrogen (secondary N) is 1. The summed E-state index contributed by atoms with van der Waals surface area (Å²) in [6, 6.07) is 5.64. The summed E-state index contributed by atoms with van der Waals surface area (Å²) in [7, 11) is 0. The van der Waals surface area contributed by atoms with E-state index in [0.717, 1.165) is 11.3 Å². The molecule has 1 saturated heterocycles. The predicted molar refractivity (Wildman–Crippen MR) is 94.3 cm³/mol. The Morgan fingerprint density at radius 2 is 2.00 bits per heavy atom. The third-order valence-corrected chi connectivity index (χ3v) is 5.04. The van der Waals surface area contributed by atoms with Gasteiger partial charge in [-0.15, -0.1) is 0 Å². The average Bonchev–Trinajstić information content (AvgIpc) is 3.33. The number of nitrogens with zero attached hydrogens (tertiary/aromatic N) is 2. The first-order valence-corrected chi connectivity index (χ1v) is 8.98. The Labute approximate surface area is 156 Å². The molecule has 2 aliphatic heterocycles. The van der Waals surface area contributed by atoms with Crippen LogP contribution in [0.5, 0.6) is 11.5 Å². The Kier molecular flexibility index (Phi) is 4.70. The second-order valence-corrected chi connectivity index (χ2v) is 6.77. The molecule has 0 aliphatic carbocycles. The Morgan fingerprint density at radius 3 is 2.74 bits per heavy atom. The summed E-state index contributed by atoms with van der Waals surface area (Å²) in [6.07, 6.45) is 2.73. The first-order chi connectivity index (χ1) is 13.1. The van der Waals surface area contributed by atoms with E-state index in [4.69, 9.17) is 14.0 Å². The fraction of sp³-hybridized carbons (Fsp3) is 0.421. The second kappa shape index (κ2) is 7.30. The average molecular weight is 371 g/mol. The number of benzene rings is 1. The van der Waals surface area contributed by atoms with Gasteiger partial charge in [0.25, 0.3) is 5.91 Å². The van der Waals surface area contributed by atoms with Crippen molar-refractivity contribution in [1.29, 1.82) is 0 Å². The molecule has 2 aliphatic rings. The Morgan fingerprint density at radius 1 is 1.22 bits per heavy atom. The van der Waals surface area contributed by atoms with Crippen LogP contribution in [0.1, 0.15) is 34.5 Å². The molecule has 1 aromatic heterocycles. The van der Waals surface area contributed by atoms with E-state index in [-0.39, 0.29) is 24.5 Å². The van der Waals surface area contributed by atoms with Crippen LogP contribution in [0.25, 0.3) is 0 Å². The third kappa shape index (κ3) is 3.60. The number of carbonyl (C=O) groups excluding carboxylic acids is 2. The van der Waals surface area contributed by atoms with Gasteiger partial charge in [0.2, 0.25) is 12.7 Å². The number of amides is 2. The van der Waals surface area contributed by atoms with Gasteiger partial charge in [-0.1, -0.05) is 11.2 Å². The van der Waals surface area contributed by atoms with Gasteiger partial charge in [-0.05, 0) is 37.5 Å². The molecule has 0 saturated carbocycles. The number of aryl methyl sites for hydroxylation is 1. The zero-order chi connectivity index (χ0) is 18.8. The van der Waals surface area contributed by atoms with Crippen molar-refractivity contribution in [1.82, 2.24) is 15.4 Å². The van der Waals surface area contributed by atoms with Gasteiger partial charge in [0.1, 0.15) is 11.3 Å². The maximum atomic E-state index is 12.5. The van der Waals surface area contributed by atoms with Crippen LogP contribution in [0.3, 0.4) is 0 Å². The van der Waals surface area contributed by atoms with Crippen LogP contribution in [0, 0.1) is 12.8 Å². The minimum atomic E-state index is -0.0911. The maximum Gasteiger partial charge on any atom is 0.259 e. The fourth-order valence-electron chi connectivity index (χ4n) is 3.40. The summed E-state index contributed by atoms with van der Waals surface area (Å²) in [6.45, 7) is 3.49. The highest BCUT2D eigenvalue weighted by atomic mass is 16.7. The summed E-state index contributed by atoms with van der Waals surface area (Å²) in [5.41, 5.74) is 1.45. The Hall–Kier alpha value is -3.03. The van der Waals surface area contributed by atoms with Gasteiger partial charge in [-0.3, -0.25) is 9.59 Å².